The van der Waals surface area contributed by atoms with E-state index in [4.69, 9.17) is 0 Å². The van der Waals surface area contributed by atoms with Gasteiger partial charge < -0.3 is 0 Å². The van der Waals surface area contributed by atoms with Crippen molar-refractivity contribution in [2.24, 2.45) is 0 Å². The van der Waals surface area contributed by atoms with E-state index in [9.17, 15) is 0 Å². The maximum absolute atomic E-state index is 2.39. The molecule has 244 valence electrons. The Morgan fingerprint density at radius 3 is 0.904 bits per heavy atom. The van der Waals surface area contributed by atoms with Crippen molar-refractivity contribution in [2.45, 2.75) is 13.8 Å². The molecule has 0 atom stereocenters. The smallest absolute Gasteiger partial charge is 0.000139 e. The Kier molecular flexibility index (Phi) is 7.05. The van der Waals surface area contributed by atoms with Gasteiger partial charge in [-0.15, -0.1) is 0 Å². The van der Waals surface area contributed by atoms with E-state index >= 15 is 0 Å². The number of rotatable bonds is 4. The van der Waals surface area contributed by atoms with E-state index in [-0.39, 0.29) is 0 Å². The zero-order chi connectivity index (χ0) is 34.8. The van der Waals surface area contributed by atoms with Crippen molar-refractivity contribution in [3.63, 3.8) is 0 Å². The Hall–Kier alpha value is -6.50. The van der Waals surface area contributed by atoms with E-state index in [0.717, 1.165) is 0 Å². The molecule has 0 aliphatic heterocycles. The van der Waals surface area contributed by atoms with E-state index < -0.39 is 0 Å². The van der Waals surface area contributed by atoms with Crippen molar-refractivity contribution in [1.82, 2.24) is 0 Å². The van der Waals surface area contributed by atoms with Gasteiger partial charge in [0.2, 0.25) is 0 Å². The second kappa shape index (κ2) is 12.1. The van der Waals surface area contributed by atoms with Crippen LogP contribution >= 0.6 is 0 Å². The third kappa shape index (κ3) is 4.83. The Morgan fingerprint density at radius 2 is 0.538 bits per heavy atom. The summed E-state index contributed by atoms with van der Waals surface area (Å²) in [6, 6.07) is 67.9. The average Bonchev–Trinajstić information content (AvgIpc) is 3.19. The highest BCUT2D eigenvalue weighted by atomic mass is 14.3. The number of hydrogen-bond donors (Lipinski definition) is 0. The minimum Gasteiger partial charge on any atom is -0.0616 e. The molecule has 10 aromatic carbocycles. The van der Waals surface area contributed by atoms with Gasteiger partial charge in [-0.3, -0.25) is 0 Å². The van der Waals surface area contributed by atoms with E-state index in [1.54, 1.807) is 0 Å². The summed E-state index contributed by atoms with van der Waals surface area (Å²) in [5.74, 6) is 0. The predicted molar refractivity (Wildman–Crippen MR) is 225 cm³/mol. The second-order valence-electron chi connectivity index (χ2n) is 14.2. The maximum atomic E-state index is 2.39. The van der Waals surface area contributed by atoms with Gasteiger partial charge >= 0.3 is 0 Å². The molecule has 52 heavy (non-hydrogen) atoms. The Bertz CT molecular complexity index is 2790. The largest absolute Gasteiger partial charge is 0.0616 e. The lowest BCUT2D eigenvalue weighted by molar-refractivity contribution is 1.47. The maximum Gasteiger partial charge on any atom is -0.000139 e. The SMILES string of the molecule is Cc1ccc(-c2c3ccccc3c(-c3ccc(C)cc3)c3c(-c4ccc5ccccc5c4)c4ccccc4c(-c4ccc5ccccc5c4)c23)cc1. The van der Waals surface area contributed by atoms with Crippen LogP contribution in [0, 0.1) is 13.8 Å². The van der Waals surface area contributed by atoms with Crippen molar-refractivity contribution < 1.29 is 0 Å². The van der Waals surface area contributed by atoms with Crippen LogP contribution in [0.1, 0.15) is 11.1 Å². The molecule has 0 aliphatic carbocycles. The summed E-state index contributed by atoms with van der Waals surface area (Å²) in [7, 11) is 0. The summed E-state index contributed by atoms with van der Waals surface area (Å²) in [5.41, 5.74) is 12.5. The van der Waals surface area contributed by atoms with Crippen LogP contribution in [0.3, 0.4) is 0 Å². The molecule has 0 heteroatoms. The fourth-order valence-corrected chi connectivity index (χ4v) is 8.46. The first-order chi connectivity index (χ1) is 25.6. The third-order valence-corrected chi connectivity index (χ3v) is 10.9. The van der Waals surface area contributed by atoms with Crippen molar-refractivity contribution in [3.05, 3.63) is 193 Å². The first-order valence-electron chi connectivity index (χ1n) is 18.2. The zero-order valence-electron chi connectivity index (χ0n) is 29.3. The highest BCUT2D eigenvalue weighted by molar-refractivity contribution is 6.34. The quantitative estimate of drug-likeness (QED) is 0.165. The van der Waals surface area contributed by atoms with Gasteiger partial charge in [-0.05, 0) is 124 Å². The van der Waals surface area contributed by atoms with Crippen LogP contribution < -0.4 is 0 Å². The lowest BCUT2D eigenvalue weighted by atomic mass is 9.77. The van der Waals surface area contributed by atoms with Gasteiger partial charge in [0.05, 0.1) is 0 Å². The number of benzene rings is 10. The molecule has 0 unspecified atom stereocenters. The number of hydrogen-bond acceptors (Lipinski definition) is 0. The zero-order valence-corrected chi connectivity index (χ0v) is 29.3. The van der Waals surface area contributed by atoms with Gasteiger partial charge in [-0.1, -0.05) is 181 Å². The highest BCUT2D eigenvalue weighted by Crippen LogP contribution is 2.54. The third-order valence-electron chi connectivity index (χ3n) is 10.9. The van der Waals surface area contributed by atoms with E-state index in [1.807, 2.05) is 0 Å². The fourth-order valence-electron chi connectivity index (χ4n) is 8.46. The molecule has 0 nitrogen and oxygen atoms in total. The monoisotopic (exact) mass is 660 g/mol. The van der Waals surface area contributed by atoms with Crippen LogP contribution in [-0.4, -0.2) is 0 Å². The minimum absolute atomic E-state index is 1.23. The molecule has 10 rings (SSSR count). The normalized spacial score (nSPS) is 11.7. The molecule has 0 saturated carbocycles. The van der Waals surface area contributed by atoms with Crippen molar-refractivity contribution in [2.75, 3.05) is 0 Å². The van der Waals surface area contributed by atoms with Gasteiger partial charge in [0.15, 0.2) is 0 Å². The van der Waals surface area contributed by atoms with Crippen molar-refractivity contribution in [3.8, 4) is 44.5 Å². The van der Waals surface area contributed by atoms with Crippen LogP contribution in [0.5, 0.6) is 0 Å². The predicted octanol–water partition coefficient (Wildman–Crippen LogP) is 14.7. The fraction of sp³-hybridized carbons (Fsp3) is 0.0385. The molecular formula is C52H36. The molecule has 0 amide bonds. The molecule has 10 aromatic rings. The van der Waals surface area contributed by atoms with Crippen molar-refractivity contribution in [1.29, 1.82) is 0 Å². The molecule has 0 saturated heterocycles. The van der Waals surface area contributed by atoms with Crippen molar-refractivity contribution >= 4 is 53.9 Å². The first kappa shape index (κ1) is 30.3. The molecule has 0 aliphatic rings. The summed E-state index contributed by atoms with van der Waals surface area (Å²) in [6.45, 7) is 4.35. The summed E-state index contributed by atoms with van der Waals surface area (Å²) in [6.07, 6.45) is 0. The Morgan fingerprint density at radius 1 is 0.250 bits per heavy atom. The Labute approximate surface area is 304 Å². The molecule has 0 aromatic heterocycles. The van der Waals surface area contributed by atoms with Gasteiger partial charge in [-0.25, -0.2) is 0 Å². The lowest BCUT2D eigenvalue weighted by Gasteiger charge is -2.25. The van der Waals surface area contributed by atoms with Crippen LogP contribution in [0.15, 0.2) is 182 Å². The van der Waals surface area contributed by atoms with E-state index in [1.165, 1.54) is 109 Å². The molecule has 0 spiro atoms. The van der Waals surface area contributed by atoms with E-state index in [2.05, 4.69) is 196 Å². The topological polar surface area (TPSA) is 0 Å². The average molecular weight is 661 g/mol. The summed E-state index contributed by atoms with van der Waals surface area (Å²) in [5, 5.41) is 12.6. The van der Waals surface area contributed by atoms with Gasteiger partial charge in [0, 0.05) is 0 Å². The van der Waals surface area contributed by atoms with E-state index in [0.29, 0.717) is 0 Å². The summed E-state index contributed by atoms with van der Waals surface area (Å²) < 4.78 is 0. The molecule has 0 bridgehead atoms. The van der Waals surface area contributed by atoms with Gasteiger partial charge in [0.1, 0.15) is 0 Å². The van der Waals surface area contributed by atoms with Crippen LogP contribution in [0.2, 0.25) is 0 Å². The van der Waals surface area contributed by atoms with Crippen LogP contribution in [0.4, 0.5) is 0 Å². The highest BCUT2D eigenvalue weighted by Gasteiger charge is 2.26. The molecule has 0 radical (unpaired) electrons. The minimum atomic E-state index is 1.23. The summed E-state index contributed by atoms with van der Waals surface area (Å²) >= 11 is 0. The molecule has 0 N–H and O–H groups in total. The lowest BCUT2D eigenvalue weighted by Crippen LogP contribution is -1.98. The first-order valence-corrected chi connectivity index (χ1v) is 18.2. The van der Waals surface area contributed by atoms with Crippen LogP contribution in [-0.2, 0) is 0 Å². The summed E-state index contributed by atoms with van der Waals surface area (Å²) in [4.78, 5) is 0. The second-order valence-corrected chi connectivity index (χ2v) is 14.2. The Balaban J connectivity index is 1.52. The molecule has 0 fully saturated rings. The van der Waals surface area contributed by atoms with Crippen LogP contribution in [0.25, 0.3) is 98.4 Å². The standard InChI is InChI=1S/C52H36/c1-33-19-23-37(24-20-33)47-43-15-7-8-16-44(43)48(38-25-21-34(2)22-26-38)52-50(42-30-28-36-12-4-6-14-40(36)32-42)46-18-10-9-17-45(46)49(51(47)52)41-29-27-35-11-3-5-13-39(35)31-41/h3-32H,1-2H3. The molecular weight excluding hydrogens is 625 g/mol. The van der Waals surface area contributed by atoms with Gasteiger partial charge in [0.25, 0.3) is 0 Å². The number of aryl methyl sites for hydroxylation is 2. The number of fused-ring (bicyclic) bond motifs is 5. The van der Waals surface area contributed by atoms with Gasteiger partial charge in [-0.2, -0.15) is 0 Å². The molecule has 0 heterocycles.